The normalized spacial score (nSPS) is 14.0. The van der Waals surface area contributed by atoms with Gasteiger partial charge in [-0.2, -0.15) is 4.72 Å². The number of sulfonamides is 1. The van der Waals surface area contributed by atoms with Gasteiger partial charge in [0.1, 0.15) is 6.04 Å². The summed E-state index contributed by atoms with van der Waals surface area (Å²) in [5, 5.41) is 2.92. The van der Waals surface area contributed by atoms with Crippen molar-refractivity contribution in [3.63, 3.8) is 0 Å². The molecule has 7 heteroatoms. The predicted octanol–water partition coefficient (Wildman–Crippen LogP) is 2.72. The van der Waals surface area contributed by atoms with E-state index < -0.39 is 16.1 Å². The number of hydrogen-bond acceptors (Lipinski definition) is 4. The standard InChI is InChI=1S/C22H31N3O3S/c1-16(2)21(24-29(27,28)19-13-11-17(3)12-14-19)22(26)23-15-20(25(4)5)18-9-7-6-8-10-18/h6-14,16,20-21,24H,15H2,1-5H3,(H,23,26)/t20-,21+/m0/s1. The van der Waals surface area contributed by atoms with Gasteiger partial charge in [0.25, 0.3) is 0 Å². The summed E-state index contributed by atoms with van der Waals surface area (Å²) >= 11 is 0. The largest absolute Gasteiger partial charge is 0.353 e. The van der Waals surface area contributed by atoms with Crippen molar-refractivity contribution in [3.05, 3.63) is 65.7 Å². The van der Waals surface area contributed by atoms with Gasteiger partial charge in [0, 0.05) is 6.54 Å². The summed E-state index contributed by atoms with van der Waals surface area (Å²) in [5.41, 5.74) is 2.05. The van der Waals surface area contributed by atoms with E-state index in [0.29, 0.717) is 6.54 Å². The molecule has 2 aromatic rings. The lowest BCUT2D eigenvalue weighted by atomic mass is 10.0. The Morgan fingerprint density at radius 3 is 2.10 bits per heavy atom. The van der Waals surface area contributed by atoms with E-state index in [1.807, 2.05) is 70.1 Å². The Morgan fingerprint density at radius 2 is 1.59 bits per heavy atom. The van der Waals surface area contributed by atoms with E-state index in [2.05, 4.69) is 10.0 Å². The lowest BCUT2D eigenvalue weighted by molar-refractivity contribution is -0.123. The van der Waals surface area contributed by atoms with Crippen molar-refractivity contribution in [2.45, 2.75) is 37.8 Å². The fourth-order valence-electron chi connectivity index (χ4n) is 3.03. The summed E-state index contributed by atoms with van der Waals surface area (Å²) in [6.45, 7) is 5.92. The van der Waals surface area contributed by atoms with E-state index in [1.165, 1.54) is 0 Å². The van der Waals surface area contributed by atoms with Crippen LogP contribution in [0.3, 0.4) is 0 Å². The molecule has 0 heterocycles. The number of nitrogens with zero attached hydrogens (tertiary/aromatic N) is 1. The minimum atomic E-state index is -3.79. The van der Waals surface area contributed by atoms with E-state index in [9.17, 15) is 13.2 Å². The van der Waals surface area contributed by atoms with Crippen LogP contribution in [0.5, 0.6) is 0 Å². The molecule has 0 aliphatic heterocycles. The molecule has 0 radical (unpaired) electrons. The van der Waals surface area contributed by atoms with Crippen LogP contribution in [-0.4, -0.2) is 45.9 Å². The molecule has 0 aliphatic carbocycles. The minimum Gasteiger partial charge on any atom is -0.353 e. The van der Waals surface area contributed by atoms with Crippen LogP contribution in [0.25, 0.3) is 0 Å². The number of hydrogen-bond donors (Lipinski definition) is 2. The lowest BCUT2D eigenvalue weighted by Gasteiger charge is -2.27. The van der Waals surface area contributed by atoms with Crippen molar-refractivity contribution in [2.75, 3.05) is 20.6 Å². The fourth-order valence-corrected chi connectivity index (χ4v) is 4.37. The number of likely N-dealkylation sites (N-methyl/N-ethyl adjacent to an activating group) is 1. The van der Waals surface area contributed by atoms with Gasteiger partial charge >= 0.3 is 0 Å². The zero-order valence-electron chi connectivity index (χ0n) is 17.7. The van der Waals surface area contributed by atoms with Crippen LogP contribution in [0.2, 0.25) is 0 Å². The van der Waals surface area contributed by atoms with Gasteiger partial charge in [-0.3, -0.25) is 4.79 Å². The number of nitrogens with one attached hydrogen (secondary N) is 2. The SMILES string of the molecule is Cc1ccc(S(=O)(=O)N[C@@H](C(=O)NC[C@@H](c2ccccc2)N(C)C)C(C)C)cc1. The summed E-state index contributed by atoms with van der Waals surface area (Å²) in [7, 11) is 0.102. The molecular formula is C22H31N3O3S. The summed E-state index contributed by atoms with van der Waals surface area (Å²) in [5.74, 6) is -0.539. The fraction of sp³-hybridized carbons (Fsp3) is 0.409. The third-order valence-corrected chi connectivity index (χ3v) is 6.30. The van der Waals surface area contributed by atoms with Gasteiger partial charge in [-0.15, -0.1) is 0 Å². The molecule has 0 saturated carbocycles. The molecule has 0 unspecified atom stereocenters. The van der Waals surface area contributed by atoms with Gasteiger partial charge in [-0.05, 0) is 44.6 Å². The van der Waals surface area contributed by atoms with Crippen LogP contribution in [-0.2, 0) is 14.8 Å². The van der Waals surface area contributed by atoms with Gasteiger partial charge < -0.3 is 10.2 Å². The molecule has 0 aliphatic rings. The van der Waals surface area contributed by atoms with Crippen molar-refractivity contribution in [1.82, 2.24) is 14.9 Å². The molecule has 2 atom stereocenters. The highest BCUT2D eigenvalue weighted by atomic mass is 32.2. The average Bonchev–Trinajstić information content (AvgIpc) is 2.67. The van der Waals surface area contributed by atoms with Crippen LogP contribution < -0.4 is 10.0 Å². The van der Waals surface area contributed by atoms with Crippen LogP contribution >= 0.6 is 0 Å². The van der Waals surface area contributed by atoms with E-state index in [0.717, 1.165) is 11.1 Å². The maximum absolute atomic E-state index is 12.8. The van der Waals surface area contributed by atoms with Crippen LogP contribution in [0.4, 0.5) is 0 Å². The van der Waals surface area contributed by atoms with Crippen LogP contribution in [0, 0.1) is 12.8 Å². The molecular weight excluding hydrogens is 386 g/mol. The zero-order chi connectivity index (χ0) is 21.6. The van der Waals surface area contributed by atoms with Crippen molar-refractivity contribution in [2.24, 2.45) is 5.92 Å². The monoisotopic (exact) mass is 417 g/mol. The Labute approximate surface area is 174 Å². The zero-order valence-corrected chi connectivity index (χ0v) is 18.5. The Balaban J connectivity index is 2.11. The highest BCUT2D eigenvalue weighted by Crippen LogP contribution is 2.17. The number of benzene rings is 2. The van der Waals surface area contributed by atoms with Gasteiger partial charge in [-0.25, -0.2) is 8.42 Å². The third-order valence-electron chi connectivity index (χ3n) is 4.84. The molecule has 0 bridgehead atoms. The van der Waals surface area contributed by atoms with E-state index in [-0.39, 0.29) is 22.8 Å². The van der Waals surface area contributed by atoms with E-state index in [1.54, 1.807) is 24.3 Å². The Hall–Kier alpha value is -2.22. The maximum Gasteiger partial charge on any atom is 0.241 e. The smallest absolute Gasteiger partial charge is 0.241 e. The molecule has 29 heavy (non-hydrogen) atoms. The maximum atomic E-state index is 12.8. The van der Waals surface area contributed by atoms with Gasteiger partial charge in [0.05, 0.1) is 10.9 Å². The quantitative estimate of drug-likeness (QED) is 0.658. The third kappa shape index (κ3) is 6.39. The van der Waals surface area contributed by atoms with Crippen LogP contribution in [0.1, 0.15) is 31.0 Å². The number of carbonyl (C=O) groups excluding carboxylic acids is 1. The van der Waals surface area contributed by atoms with Crippen molar-refractivity contribution < 1.29 is 13.2 Å². The topological polar surface area (TPSA) is 78.5 Å². The second-order valence-electron chi connectivity index (χ2n) is 7.79. The van der Waals surface area contributed by atoms with Crippen molar-refractivity contribution in [1.29, 1.82) is 0 Å². The van der Waals surface area contributed by atoms with Gasteiger partial charge in [-0.1, -0.05) is 61.9 Å². The first-order valence-electron chi connectivity index (χ1n) is 9.70. The Bertz CT molecular complexity index is 895. The second-order valence-corrected chi connectivity index (χ2v) is 9.51. The number of amides is 1. The minimum absolute atomic E-state index is 0.0123. The van der Waals surface area contributed by atoms with Crippen molar-refractivity contribution >= 4 is 15.9 Å². The molecule has 6 nitrogen and oxygen atoms in total. The highest BCUT2D eigenvalue weighted by Gasteiger charge is 2.29. The molecule has 158 valence electrons. The number of rotatable bonds is 9. The first-order valence-corrected chi connectivity index (χ1v) is 11.2. The van der Waals surface area contributed by atoms with Crippen LogP contribution in [0.15, 0.2) is 59.5 Å². The van der Waals surface area contributed by atoms with E-state index in [4.69, 9.17) is 0 Å². The second kappa shape index (κ2) is 10.0. The molecule has 0 fully saturated rings. The molecule has 2 aromatic carbocycles. The molecule has 0 spiro atoms. The Kier molecular flexibility index (Phi) is 7.96. The number of aryl methyl sites for hydroxylation is 1. The molecule has 0 aromatic heterocycles. The van der Waals surface area contributed by atoms with Gasteiger partial charge in [0.2, 0.25) is 15.9 Å². The summed E-state index contributed by atoms with van der Waals surface area (Å²) in [6.07, 6.45) is 0. The summed E-state index contributed by atoms with van der Waals surface area (Å²) in [4.78, 5) is 15.0. The lowest BCUT2D eigenvalue weighted by Crippen LogP contribution is -2.50. The molecule has 0 saturated heterocycles. The Morgan fingerprint density at radius 1 is 1.00 bits per heavy atom. The first-order chi connectivity index (χ1) is 13.6. The summed E-state index contributed by atoms with van der Waals surface area (Å²) in [6, 6.07) is 15.6. The predicted molar refractivity (Wildman–Crippen MR) is 116 cm³/mol. The van der Waals surface area contributed by atoms with E-state index >= 15 is 0 Å². The molecule has 1 amide bonds. The average molecular weight is 418 g/mol. The number of carbonyl (C=O) groups is 1. The highest BCUT2D eigenvalue weighted by molar-refractivity contribution is 7.89. The first kappa shape index (κ1) is 23.1. The summed E-state index contributed by atoms with van der Waals surface area (Å²) < 4.78 is 28.0. The van der Waals surface area contributed by atoms with Crippen molar-refractivity contribution in [3.8, 4) is 0 Å². The molecule has 2 N–H and O–H groups in total. The van der Waals surface area contributed by atoms with Gasteiger partial charge in [0.15, 0.2) is 0 Å². The molecule has 2 rings (SSSR count).